The number of hydrogen-bond donors (Lipinski definition) is 0. The van der Waals surface area contributed by atoms with Gasteiger partial charge in [0.05, 0.1) is 37.4 Å². The molecular formula is C17H26N4O2. The van der Waals surface area contributed by atoms with Crippen molar-refractivity contribution in [3.05, 3.63) is 17.0 Å². The quantitative estimate of drug-likeness (QED) is 0.804. The zero-order chi connectivity index (χ0) is 16.8. The Morgan fingerprint density at radius 3 is 2.96 bits per heavy atom. The fourth-order valence-electron chi connectivity index (χ4n) is 3.05. The van der Waals surface area contributed by atoms with Gasteiger partial charge in [-0.3, -0.25) is 9.48 Å². The molecule has 2 heterocycles. The lowest BCUT2D eigenvalue weighted by Gasteiger charge is -2.32. The molecule has 2 rings (SSSR count). The van der Waals surface area contributed by atoms with Crippen LogP contribution >= 0.6 is 0 Å². The molecule has 1 aliphatic heterocycles. The maximum absolute atomic E-state index is 12.4. The Morgan fingerprint density at radius 1 is 1.48 bits per heavy atom. The average Bonchev–Trinajstić information content (AvgIpc) is 2.84. The van der Waals surface area contributed by atoms with Crippen molar-refractivity contribution in [3.63, 3.8) is 0 Å². The molecule has 1 fully saturated rings. The minimum absolute atomic E-state index is 0.171. The summed E-state index contributed by atoms with van der Waals surface area (Å²) in [6.45, 7) is 8.70. The van der Waals surface area contributed by atoms with Crippen LogP contribution < -0.4 is 0 Å². The van der Waals surface area contributed by atoms with E-state index in [1.807, 2.05) is 23.4 Å². The maximum atomic E-state index is 12.4. The van der Waals surface area contributed by atoms with E-state index >= 15 is 0 Å². The summed E-state index contributed by atoms with van der Waals surface area (Å²) >= 11 is 0. The molecule has 0 spiro atoms. The monoisotopic (exact) mass is 318 g/mol. The molecule has 1 aromatic heterocycles. The molecule has 0 aliphatic carbocycles. The fourth-order valence-corrected chi connectivity index (χ4v) is 3.05. The number of rotatable bonds is 6. The van der Waals surface area contributed by atoms with Gasteiger partial charge in [-0.1, -0.05) is 6.92 Å². The molecule has 0 bridgehead atoms. The zero-order valence-corrected chi connectivity index (χ0v) is 14.3. The normalized spacial score (nSPS) is 18.0. The van der Waals surface area contributed by atoms with Gasteiger partial charge in [0.15, 0.2) is 0 Å². The van der Waals surface area contributed by atoms with Crippen molar-refractivity contribution in [3.8, 4) is 6.07 Å². The number of carbonyl (C=O) groups is 1. The molecule has 0 aromatic carbocycles. The number of aryl methyl sites for hydroxylation is 2. The van der Waals surface area contributed by atoms with Gasteiger partial charge < -0.3 is 9.64 Å². The molecule has 1 aromatic rings. The standard InChI is InChI=1S/C17H26N4O2/c1-4-15-12-20(10-11-23-15)17(22)7-6-16-13(2)19-21(14(16)3)9-5-8-18/h15H,4-7,9-12H2,1-3H3/t15-/m1/s1. The first-order valence-corrected chi connectivity index (χ1v) is 8.36. The van der Waals surface area contributed by atoms with Crippen LogP contribution in [-0.2, 0) is 22.5 Å². The molecule has 1 aliphatic rings. The third-order valence-electron chi connectivity index (χ3n) is 4.50. The molecule has 23 heavy (non-hydrogen) atoms. The predicted octanol–water partition coefficient (Wildman–Crippen LogP) is 1.98. The SMILES string of the molecule is CC[C@@H]1CN(C(=O)CCc2c(C)nn(CCC#N)c2C)CCO1. The van der Waals surface area contributed by atoms with Crippen molar-refractivity contribution >= 4 is 5.91 Å². The second-order valence-corrected chi connectivity index (χ2v) is 6.02. The first-order chi connectivity index (χ1) is 11.1. The smallest absolute Gasteiger partial charge is 0.223 e. The van der Waals surface area contributed by atoms with Gasteiger partial charge in [0.1, 0.15) is 0 Å². The zero-order valence-electron chi connectivity index (χ0n) is 14.3. The lowest BCUT2D eigenvalue weighted by atomic mass is 10.1. The largest absolute Gasteiger partial charge is 0.375 e. The highest BCUT2D eigenvalue weighted by molar-refractivity contribution is 5.76. The van der Waals surface area contributed by atoms with Crippen LogP contribution in [0.25, 0.3) is 0 Å². The number of amides is 1. The molecule has 126 valence electrons. The molecule has 0 unspecified atom stereocenters. The van der Waals surface area contributed by atoms with E-state index in [9.17, 15) is 4.79 Å². The average molecular weight is 318 g/mol. The van der Waals surface area contributed by atoms with Crippen LogP contribution in [0.3, 0.4) is 0 Å². The number of carbonyl (C=O) groups excluding carboxylic acids is 1. The summed E-state index contributed by atoms with van der Waals surface area (Å²) in [4.78, 5) is 14.4. The Hall–Kier alpha value is -1.87. The number of hydrogen-bond acceptors (Lipinski definition) is 4. The molecule has 1 atom stereocenters. The van der Waals surface area contributed by atoms with Crippen molar-refractivity contribution in [2.45, 2.75) is 59.1 Å². The van der Waals surface area contributed by atoms with E-state index in [1.54, 1.807) is 0 Å². The van der Waals surface area contributed by atoms with Gasteiger partial charge in [0.25, 0.3) is 0 Å². The summed E-state index contributed by atoms with van der Waals surface area (Å²) in [5, 5.41) is 13.2. The van der Waals surface area contributed by atoms with Crippen LogP contribution in [0.5, 0.6) is 0 Å². The lowest BCUT2D eigenvalue weighted by Crippen LogP contribution is -2.45. The highest BCUT2D eigenvalue weighted by Crippen LogP contribution is 2.17. The molecule has 1 saturated heterocycles. The highest BCUT2D eigenvalue weighted by Gasteiger charge is 2.23. The van der Waals surface area contributed by atoms with Gasteiger partial charge in [-0.05, 0) is 32.3 Å². The summed E-state index contributed by atoms with van der Waals surface area (Å²) in [7, 11) is 0. The number of morpholine rings is 1. The van der Waals surface area contributed by atoms with Crippen LogP contribution in [0.1, 0.15) is 43.1 Å². The van der Waals surface area contributed by atoms with Crippen molar-refractivity contribution in [1.29, 1.82) is 5.26 Å². The molecular weight excluding hydrogens is 292 g/mol. The first kappa shape index (κ1) is 17.5. The van der Waals surface area contributed by atoms with Crippen molar-refractivity contribution in [1.82, 2.24) is 14.7 Å². The number of aromatic nitrogens is 2. The van der Waals surface area contributed by atoms with Gasteiger partial charge in [-0.25, -0.2) is 0 Å². The van der Waals surface area contributed by atoms with Crippen molar-refractivity contribution in [2.75, 3.05) is 19.7 Å². The molecule has 0 saturated carbocycles. The van der Waals surface area contributed by atoms with E-state index in [0.29, 0.717) is 45.5 Å². The van der Waals surface area contributed by atoms with Gasteiger partial charge in [-0.2, -0.15) is 10.4 Å². The minimum Gasteiger partial charge on any atom is -0.375 e. The number of ether oxygens (including phenoxy) is 1. The first-order valence-electron chi connectivity index (χ1n) is 8.36. The minimum atomic E-state index is 0.171. The second-order valence-electron chi connectivity index (χ2n) is 6.02. The summed E-state index contributed by atoms with van der Waals surface area (Å²) < 4.78 is 7.49. The molecule has 6 nitrogen and oxygen atoms in total. The van der Waals surface area contributed by atoms with E-state index in [1.165, 1.54) is 0 Å². The number of nitrogens with zero attached hydrogens (tertiary/aromatic N) is 4. The summed E-state index contributed by atoms with van der Waals surface area (Å²) in [5.74, 6) is 0.190. The molecule has 1 amide bonds. The maximum Gasteiger partial charge on any atom is 0.223 e. The van der Waals surface area contributed by atoms with Crippen molar-refractivity contribution in [2.24, 2.45) is 0 Å². The highest BCUT2D eigenvalue weighted by atomic mass is 16.5. The van der Waals surface area contributed by atoms with E-state index in [4.69, 9.17) is 10.00 Å². The number of nitriles is 1. The second kappa shape index (κ2) is 8.11. The predicted molar refractivity (Wildman–Crippen MR) is 86.9 cm³/mol. The van der Waals surface area contributed by atoms with E-state index < -0.39 is 0 Å². The lowest BCUT2D eigenvalue weighted by molar-refractivity contribution is -0.138. The Bertz CT molecular complexity index is 588. The van der Waals surface area contributed by atoms with Crippen molar-refractivity contribution < 1.29 is 9.53 Å². The third kappa shape index (κ3) is 4.32. The Labute approximate surface area is 138 Å². The van der Waals surface area contributed by atoms with E-state index in [-0.39, 0.29) is 12.0 Å². The molecule has 0 radical (unpaired) electrons. The van der Waals surface area contributed by atoms with Crippen LogP contribution in [0.15, 0.2) is 0 Å². The summed E-state index contributed by atoms with van der Waals surface area (Å²) in [6.07, 6.45) is 2.77. The molecule has 0 N–H and O–H groups in total. The van der Waals surface area contributed by atoms with Gasteiger partial charge in [0.2, 0.25) is 5.91 Å². The fraction of sp³-hybridized carbons (Fsp3) is 0.706. The van der Waals surface area contributed by atoms with E-state index in [0.717, 1.165) is 23.4 Å². The van der Waals surface area contributed by atoms with Gasteiger partial charge >= 0.3 is 0 Å². The van der Waals surface area contributed by atoms with Crippen LogP contribution in [-0.4, -0.2) is 46.4 Å². The Balaban J connectivity index is 1.94. The Kier molecular flexibility index (Phi) is 6.17. The van der Waals surface area contributed by atoms with Gasteiger partial charge in [0, 0.05) is 25.2 Å². The topological polar surface area (TPSA) is 71.2 Å². The third-order valence-corrected chi connectivity index (χ3v) is 4.50. The van der Waals surface area contributed by atoms with Crippen LogP contribution in [0, 0.1) is 25.2 Å². The summed E-state index contributed by atoms with van der Waals surface area (Å²) in [6, 6.07) is 2.14. The van der Waals surface area contributed by atoms with Crippen LogP contribution in [0.2, 0.25) is 0 Å². The van der Waals surface area contributed by atoms with E-state index in [2.05, 4.69) is 18.1 Å². The van der Waals surface area contributed by atoms with Gasteiger partial charge in [-0.15, -0.1) is 0 Å². The van der Waals surface area contributed by atoms with Crippen LogP contribution in [0.4, 0.5) is 0 Å². The Morgan fingerprint density at radius 2 is 2.26 bits per heavy atom. The summed E-state index contributed by atoms with van der Waals surface area (Å²) in [5.41, 5.74) is 3.16. The molecule has 6 heteroatoms.